The smallest absolute Gasteiger partial charge is 0.257 e. The lowest BCUT2D eigenvalue weighted by atomic mass is 10.1. The number of para-hydroxylation sites is 1. The molecule has 1 amide bonds. The molecule has 0 aliphatic carbocycles. The van der Waals surface area contributed by atoms with Gasteiger partial charge in [0.25, 0.3) is 5.91 Å². The third kappa shape index (κ3) is 5.65. The van der Waals surface area contributed by atoms with Crippen molar-refractivity contribution in [3.05, 3.63) is 65.7 Å². The summed E-state index contributed by atoms with van der Waals surface area (Å²) in [6.07, 6.45) is 0.299. The Balaban J connectivity index is 2.22. The molecule has 0 fully saturated rings. The van der Waals surface area contributed by atoms with Gasteiger partial charge in [-0.2, -0.15) is 5.26 Å². The first-order valence-electron chi connectivity index (χ1n) is 8.53. The van der Waals surface area contributed by atoms with Crippen molar-refractivity contribution >= 4 is 5.91 Å². The minimum absolute atomic E-state index is 0.113. The molecule has 4 nitrogen and oxygen atoms in total. The fourth-order valence-electron chi connectivity index (χ4n) is 2.44. The Labute approximate surface area is 149 Å². The van der Waals surface area contributed by atoms with E-state index in [0.717, 1.165) is 5.56 Å². The number of amides is 1. The number of hydrogen-bond donors (Lipinski definition) is 0. The van der Waals surface area contributed by atoms with Gasteiger partial charge in [-0.15, -0.1) is 0 Å². The molecule has 0 saturated heterocycles. The summed E-state index contributed by atoms with van der Waals surface area (Å²) in [6.45, 7) is 5.56. The molecule has 4 heteroatoms. The van der Waals surface area contributed by atoms with Crippen LogP contribution in [0.4, 0.5) is 0 Å². The molecule has 0 aliphatic heterocycles. The maximum absolute atomic E-state index is 13.1. The zero-order valence-corrected chi connectivity index (χ0v) is 14.8. The minimum atomic E-state index is -0.113. The molecule has 25 heavy (non-hydrogen) atoms. The topological polar surface area (TPSA) is 53.3 Å². The van der Waals surface area contributed by atoms with E-state index in [9.17, 15) is 4.79 Å². The van der Waals surface area contributed by atoms with E-state index in [0.29, 0.717) is 43.3 Å². The maximum Gasteiger partial charge on any atom is 0.257 e. The van der Waals surface area contributed by atoms with Crippen LogP contribution in [0.25, 0.3) is 0 Å². The Kier molecular flexibility index (Phi) is 7.03. The SMILES string of the molecule is CC(C)COc1ccccc1C(=O)N(CCC#N)Cc1ccccc1. The molecule has 0 atom stereocenters. The fourth-order valence-corrected chi connectivity index (χ4v) is 2.44. The first kappa shape index (κ1) is 18.5. The molecule has 0 heterocycles. The van der Waals surface area contributed by atoms with E-state index in [2.05, 4.69) is 19.9 Å². The number of hydrogen-bond acceptors (Lipinski definition) is 3. The van der Waals surface area contributed by atoms with Gasteiger partial charge in [-0.25, -0.2) is 0 Å². The lowest BCUT2D eigenvalue weighted by molar-refractivity contribution is 0.0741. The Morgan fingerprint density at radius 3 is 2.48 bits per heavy atom. The second-order valence-electron chi connectivity index (χ2n) is 6.32. The predicted molar refractivity (Wildman–Crippen MR) is 98.2 cm³/mol. The normalized spacial score (nSPS) is 10.3. The fraction of sp³-hybridized carbons (Fsp3) is 0.333. The molecule has 130 valence electrons. The summed E-state index contributed by atoms with van der Waals surface area (Å²) in [6, 6.07) is 19.2. The summed E-state index contributed by atoms with van der Waals surface area (Å²) >= 11 is 0. The van der Waals surface area contributed by atoms with Gasteiger partial charge in [0.05, 0.1) is 24.7 Å². The van der Waals surface area contributed by atoms with Crippen LogP contribution in [0, 0.1) is 17.2 Å². The molecule has 0 N–H and O–H groups in total. The molecule has 0 aromatic heterocycles. The van der Waals surface area contributed by atoms with Crippen LogP contribution >= 0.6 is 0 Å². The van der Waals surface area contributed by atoms with Gasteiger partial charge in [0.15, 0.2) is 0 Å². The van der Waals surface area contributed by atoms with Crippen LogP contribution in [-0.4, -0.2) is 24.0 Å². The monoisotopic (exact) mass is 336 g/mol. The van der Waals surface area contributed by atoms with Gasteiger partial charge in [-0.3, -0.25) is 4.79 Å². The van der Waals surface area contributed by atoms with Crippen LogP contribution in [-0.2, 0) is 6.54 Å². The number of rotatable bonds is 8. The van der Waals surface area contributed by atoms with Crippen LogP contribution in [0.15, 0.2) is 54.6 Å². The zero-order valence-electron chi connectivity index (χ0n) is 14.8. The van der Waals surface area contributed by atoms with E-state index in [4.69, 9.17) is 10.00 Å². The predicted octanol–water partition coefficient (Wildman–Crippen LogP) is 4.28. The van der Waals surface area contributed by atoms with Gasteiger partial charge in [0, 0.05) is 13.1 Å². The van der Waals surface area contributed by atoms with E-state index in [-0.39, 0.29) is 5.91 Å². The second-order valence-corrected chi connectivity index (χ2v) is 6.32. The number of benzene rings is 2. The largest absolute Gasteiger partial charge is 0.492 e. The minimum Gasteiger partial charge on any atom is -0.492 e. The second kappa shape index (κ2) is 9.48. The van der Waals surface area contributed by atoms with E-state index in [1.807, 2.05) is 48.5 Å². The molecule has 0 aliphatic rings. The summed E-state index contributed by atoms with van der Waals surface area (Å²) < 4.78 is 5.81. The van der Waals surface area contributed by atoms with Gasteiger partial charge < -0.3 is 9.64 Å². The van der Waals surface area contributed by atoms with Crippen molar-refractivity contribution in [1.82, 2.24) is 4.90 Å². The molecule has 0 radical (unpaired) electrons. The highest BCUT2D eigenvalue weighted by atomic mass is 16.5. The number of nitriles is 1. The highest BCUT2D eigenvalue weighted by Crippen LogP contribution is 2.22. The standard InChI is InChI=1S/C21H24N2O2/c1-17(2)16-25-20-12-7-6-11-19(20)21(24)23(14-8-13-22)15-18-9-4-3-5-10-18/h3-7,9-12,17H,8,14-16H2,1-2H3. The van der Waals surface area contributed by atoms with Crippen molar-refractivity contribution in [1.29, 1.82) is 5.26 Å². The van der Waals surface area contributed by atoms with Crippen molar-refractivity contribution in [2.24, 2.45) is 5.92 Å². The number of carbonyl (C=O) groups excluding carboxylic acids is 1. The van der Waals surface area contributed by atoms with E-state index < -0.39 is 0 Å². The first-order valence-corrected chi connectivity index (χ1v) is 8.53. The van der Waals surface area contributed by atoms with Gasteiger partial charge in [-0.05, 0) is 23.6 Å². The third-order valence-corrected chi connectivity index (χ3v) is 3.69. The summed E-state index contributed by atoms with van der Waals surface area (Å²) in [4.78, 5) is 14.8. The summed E-state index contributed by atoms with van der Waals surface area (Å²) in [7, 11) is 0. The third-order valence-electron chi connectivity index (χ3n) is 3.69. The molecule has 2 aromatic carbocycles. The number of ether oxygens (including phenoxy) is 1. The summed E-state index contributed by atoms with van der Waals surface area (Å²) in [5.41, 5.74) is 1.58. The van der Waals surface area contributed by atoms with Crippen LogP contribution < -0.4 is 4.74 Å². The van der Waals surface area contributed by atoms with Crippen LogP contribution in [0.2, 0.25) is 0 Å². The van der Waals surface area contributed by atoms with Gasteiger partial charge in [0.1, 0.15) is 5.75 Å². The van der Waals surface area contributed by atoms with Crippen molar-refractivity contribution in [3.63, 3.8) is 0 Å². The molecular weight excluding hydrogens is 312 g/mol. The van der Waals surface area contributed by atoms with E-state index in [1.165, 1.54) is 0 Å². The Bertz CT molecular complexity index is 720. The van der Waals surface area contributed by atoms with Gasteiger partial charge in [0.2, 0.25) is 0 Å². The van der Waals surface area contributed by atoms with Gasteiger partial charge in [-0.1, -0.05) is 56.3 Å². The van der Waals surface area contributed by atoms with E-state index >= 15 is 0 Å². The molecule has 2 aromatic rings. The van der Waals surface area contributed by atoms with Gasteiger partial charge >= 0.3 is 0 Å². The molecule has 0 unspecified atom stereocenters. The summed E-state index contributed by atoms with van der Waals surface area (Å²) in [5.74, 6) is 0.858. The highest BCUT2D eigenvalue weighted by Gasteiger charge is 2.20. The van der Waals surface area contributed by atoms with Crippen molar-refractivity contribution in [2.45, 2.75) is 26.8 Å². The first-order chi connectivity index (χ1) is 12.1. The number of carbonyl (C=O) groups is 1. The average Bonchev–Trinajstić information content (AvgIpc) is 2.64. The lowest BCUT2D eigenvalue weighted by Gasteiger charge is -2.23. The zero-order chi connectivity index (χ0) is 18.1. The summed E-state index contributed by atoms with van der Waals surface area (Å²) in [5, 5.41) is 8.92. The highest BCUT2D eigenvalue weighted by molar-refractivity contribution is 5.96. The Morgan fingerprint density at radius 2 is 1.80 bits per heavy atom. The Hall–Kier alpha value is -2.80. The van der Waals surface area contributed by atoms with Crippen LogP contribution in [0.5, 0.6) is 5.75 Å². The van der Waals surface area contributed by atoms with E-state index in [1.54, 1.807) is 11.0 Å². The lowest BCUT2D eigenvalue weighted by Crippen LogP contribution is -2.31. The Morgan fingerprint density at radius 1 is 1.12 bits per heavy atom. The maximum atomic E-state index is 13.1. The molecule has 0 bridgehead atoms. The number of nitrogens with zero attached hydrogens (tertiary/aromatic N) is 2. The van der Waals surface area contributed by atoms with Crippen molar-refractivity contribution in [2.75, 3.05) is 13.2 Å². The molecule has 2 rings (SSSR count). The average molecular weight is 336 g/mol. The quantitative estimate of drug-likeness (QED) is 0.723. The van der Waals surface area contributed by atoms with Crippen molar-refractivity contribution in [3.8, 4) is 11.8 Å². The van der Waals surface area contributed by atoms with Crippen molar-refractivity contribution < 1.29 is 9.53 Å². The van der Waals surface area contributed by atoms with Crippen LogP contribution in [0.3, 0.4) is 0 Å². The molecule has 0 spiro atoms. The van der Waals surface area contributed by atoms with Crippen LogP contribution in [0.1, 0.15) is 36.2 Å². The molecule has 0 saturated carbocycles. The molecular formula is C21H24N2O2.